The third-order valence-corrected chi connectivity index (χ3v) is 3.87. The Bertz CT molecular complexity index is 163. The zero-order chi connectivity index (χ0) is 10.6. The van der Waals surface area contributed by atoms with Crippen LogP contribution in [0.15, 0.2) is 0 Å². The average molecular weight is 220 g/mol. The molecule has 1 rings (SSSR count). The van der Waals surface area contributed by atoms with Gasteiger partial charge in [0.15, 0.2) is 0 Å². The van der Waals surface area contributed by atoms with E-state index in [-0.39, 0.29) is 0 Å². The van der Waals surface area contributed by atoms with Crippen molar-refractivity contribution in [3.63, 3.8) is 0 Å². The fraction of sp³-hybridized carbons (Fsp3) is 1.00. The minimum Gasteiger partial charge on any atom is -0.381 e. The predicted molar refractivity (Wildman–Crippen MR) is 61.0 cm³/mol. The van der Waals surface area contributed by atoms with Gasteiger partial charge in [0.1, 0.15) is 0 Å². The highest BCUT2D eigenvalue weighted by Crippen LogP contribution is 2.25. The maximum absolute atomic E-state index is 5.86. The lowest BCUT2D eigenvalue weighted by molar-refractivity contribution is 0.0279. The van der Waals surface area contributed by atoms with E-state index in [0.29, 0.717) is 24.1 Å². The van der Waals surface area contributed by atoms with Gasteiger partial charge in [-0.15, -0.1) is 11.6 Å². The van der Waals surface area contributed by atoms with Crippen LogP contribution in [0.5, 0.6) is 0 Å². The average Bonchev–Trinajstić information content (AvgIpc) is 2.27. The summed E-state index contributed by atoms with van der Waals surface area (Å²) in [5.41, 5.74) is 0. The molecule has 0 aromatic carbocycles. The standard InChI is InChI=1S/C11H22ClNO/c1-9(8-12)13(2)10-5-4-6-11(7-10)14-3/h9-11H,4-8H2,1-3H3. The molecule has 1 aliphatic rings. The van der Waals surface area contributed by atoms with Crippen LogP contribution in [0.25, 0.3) is 0 Å². The van der Waals surface area contributed by atoms with E-state index in [1.807, 2.05) is 7.11 Å². The molecule has 3 heteroatoms. The fourth-order valence-corrected chi connectivity index (χ4v) is 2.39. The van der Waals surface area contributed by atoms with Crippen LogP contribution in [0.1, 0.15) is 32.6 Å². The smallest absolute Gasteiger partial charge is 0.0586 e. The second-order valence-electron chi connectivity index (χ2n) is 4.35. The van der Waals surface area contributed by atoms with Gasteiger partial charge in [0.25, 0.3) is 0 Å². The van der Waals surface area contributed by atoms with Crippen LogP contribution in [0, 0.1) is 0 Å². The van der Waals surface area contributed by atoms with Crippen LogP contribution in [-0.2, 0) is 4.74 Å². The molecule has 0 N–H and O–H groups in total. The fourth-order valence-electron chi connectivity index (χ4n) is 2.17. The number of rotatable bonds is 4. The first-order chi connectivity index (χ1) is 6.69. The summed E-state index contributed by atoms with van der Waals surface area (Å²) in [4.78, 5) is 2.40. The van der Waals surface area contributed by atoms with Gasteiger partial charge < -0.3 is 4.74 Å². The Morgan fingerprint density at radius 2 is 2.21 bits per heavy atom. The Morgan fingerprint density at radius 3 is 2.79 bits per heavy atom. The number of ether oxygens (including phenoxy) is 1. The Labute approximate surface area is 92.6 Å². The van der Waals surface area contributed by atoms with E-state index in [4.69, 9.17) is 16.3 Å². The van der Waals surface area contributed by atoms with Gasteiger partial charge in [-0.3, -0.25) is 4.90 Å². The molecule has 1 saturated carbocycles. The highest BCUT2D eigenvalue weighted by molar-refractivity contribution is 6.18. The lowest BCUT2D eigenvalue weighted by Crippen LogP contribution is -2.43. The summed E-state index contributed by atoms with van der Waals surface area (Å²) in [5.74, 6) is 0.713. The van der Waals surface area contributed by atoms with Gasteiger partial charge >= 0.3 is 0 Å². The topological polar surface area (TPSA) is 12.5 Å². The number of nitrogens with zero attached hydrogens (tertiary/aromatic N) is 1. The zero-order valence-corrected chi connectivity index (χ0v) is 10.3. The summed E-state index contributed by atoms with van der Waals surface area (Å²) in [6.07, 6.45) is 5.41. The zero-order valence-electron chi connectivity index (χ0n) is 9.50. The summed E-state index contributed by atoms with van der Waals surface area (Å²) in [6, 6.07) is 1.12. The molecular weight excluding hydrogens is 198 g/mol. The van der Waals surface area contributed by atoms with Gasteiger partial charge in [-0.1, -0.05) is 0 Å². The van der Waals surface area contributed by atoms with Crippen LogP contribution < -0.4 is 0 Å². The molecule has 1 aliphatic carbocycles. The molecule has 0 aromatic rings. The largest absolute Gasteiger partial charge is 0.381 e. The number of hydrogen-bond acceptors (Lipinski definition) is 2. The lowest BCUT2D eigenvalue weighted by atomic mass is 9.91. The molecule has 3 unspecified atom stereocenters. The summed E-state index contributed by atoms with van der Waals surface area (Å²) in [6.45, 7) is 2.18. The number of methoxy groups -OCH3 is 1. The van der Waals surface area contributed by atoms with Crippen molar-refractivity contribution in [2.45, 2.75) is 50.8 Å². The van der Waals surface area contributed by atoms with Crippen LogP contribution >= 0.6 is 11.6 Å². The summed E-state index contributed by atoms with van der Waals surface area (Å²) in [5, 5.41) is 0. The van der Waals surface area contributed by atoms with Gasteiger partial charge in [-0.25, -0.2) is 0 Å². The molecule has 1 fully saturated rings. The minimum atomic E-state index is 0.457. The van der Waals surface area contributed by atoms with E-state index in [1.54, 1.807) is 0 Å². The molecule has 0 radical (unpaired) electrons. The second kappa shape index (κ2) is 5.94. The van der Waals surface area contributed by atoms with Gasteiger partial charge in [0, 0.05) is 25.1 Å². The summed E-state index contributed by atoms with van der Waals surface area (Å²) < 4.78 is 5.43. The Morgan fingerprint density at radius 1 is 1.50 bits per heavy atom. The van der Waals surface area contributed by atoms with Crippen molar-refractivity contribution in [3.8, 4) is 0 Å². The summed E-state index contributed by atoms with van der Waals surface area (Å²) in [7, 11) is 3.99. The van der Waals surface area contributed by atoms with Gasteiger partial charge in [-0.2, -0.15) is 0 Å². The van der Waals surface area contributed by atoms with Crippen LogP contribution in [-0.4, -0.2) is 43.1 Å². The van der Waals surface area contributed by atoms with E-state index >= 15 is 0 Å². The quantitative estimate of drug-likeness (QED) is 0.674. The molecule has 14 heavy (non-hydrogen) atoms. The highest BCUT2D eigenvalue weighted by Gasteiger charge is 2.26. The molecule has 0 bridgehead atoms. The highest BCUT2D eigenvalue weighted by atomic mass is 35.5. The van der Waals surface area contributed by atoms with Crippen molar-refractivity contribution in [3.05, 3.63) is 0 Å². The second-order valence-corrected chi connectivity index (χ2v) is 4.66. The van der Waals surface area contributed by atoms with Crippen LogP contribution in [0.4, 0.5) is 0 Å². The van der Waals surface area contributed by atoms with Crippen molar-refractivity contribution < 1.29 is 4.74 Å². The molecule has 0 aromatic heterocycles. The molecule has 0 spiro atoms. The first kappa shape index (κ1) is 12.3. The Hall–Kier alpha value is 0.210. The van der Waals surface area contributed by atoms with E-state index in [9.17, 15) is 0 Å². The van der Waals surface area contributed by atoms with Crippen LogP contribution in [0.3, 0.4) is 0 Å². The minimum absolute atomic E-state index is 0.457. The Balaban J connectivity index is 2.42. The SMILES string of the molecule is COC1CCCC(N(C)C(C)CCl)C1. The molecule has 2 nitrogen and oxygen atoms in total. The monoisotopic (exact) mass is 219 g/mol. The first-order valence-electron chi connectivity index (χ1n) is 5.49. The van der Waals surface area contributed by atoms with Crippen LogP contribution in [0.2, 0.25) is 0 Å². The van der Waals surface area contributed by atoms with Crippen molar-refractivity contribution in [2.75, 3.05) is 20.0 Å². The van der Waals surface area contributed by atoms with Crippen molar-refractivity contribution in [1.82, 2.24) is 4.90 Å². The maximum atomic E-state index is 5.86. The Kier molecular flexibility index (Phi) is 5.21. The van der Waals surface area contributed by atoms with E-state index in [0.717, 1.165) is 6.42 Å². The lowest BCUT2D eigenvalue weighted by Gasteiger charge is -2.37. The number of alkyl halides is 1. The maximum Gasteiger partial charge on any atom is 0.0586 e. The van der Waals surface area contributed by atoms with E-state index in [2.05, 4.69) is 18.9 Å². The predicted octanol–water partition coefficient (Wildman–Crippen LogP) is 2.50. The van der Waals surface area contributed by atoms with E-state index < -0.39 is 0 Å². The molecule has 0 aliphatic heterocycles. The molecule has 84 valence electrons. The van der Waals surface area contributed by atoms with Gasteiger partial charge in [-0.05, 0) is 39.7 Å². The summed E-state index contributed by atoms with van der Waals surface area (Å²) >= 11 is 5.86. The molecule has 3 atom stereocenters. The van der Waals surface area contributed by atoms with Crippen molar-refractivity contribution in [1.29, 1.82) is 0 Å². The molecule has 0 amide bonds. The van der Waals surface area contributed by atoms with Crippen molar-refractivity contribution in [2.24, 2.45) is 0 Å². The van der Waals surface area contributed by atoms with Gasteiger partial charge in [0.05, 0.1) is 6.10 Å². The third kappa shape index (κ3) is 3.11. The first-order valence-corrected chi connectivity index (χ1v) is 6.03. The van der Waals surface area contributed by atoms with Crippen molar-refractivity contribution >= 4 is 11.6 Å². The third-order valence-electron chi connectivity index (χ3n) is 3.43. The molecular formula is C11H22ClNO. The molecule has 0 saturated heterocycles. The van der Waals surface area contributed by atoms with Gasteiger partial charge in [0.2, 0.25) is 0 Å². The molecule has 0 heterocycles. The van der Waals surface area contributed by atoms with E-state index in [1.165, 1.54) is 19.3 Å². The number of halogens is 1. The normalized spacial score (nSPS) is 30.6. The number of hydrogen-bond donors (Lipinski definition) is 0.